The van der Waals surface area contributed by atoms with Crippen LogP contribution in [-0.4, -0.2) is 34.9 Å². The van der Waals surface area contributed by atoms with E-state index < -0.39 is 0 Å². The average Bonchev–Trinajstić information content (AvgIpc) is 3.90. The Bertz CT molecular complexity index is 2370. The molecule has 1 N–H and O–H groups in total. The summed E-state index contributed by atoms with van der Waals surface area (Å²) < 4.78 is 0. The molecule has 9 rings (SSSR count). The number of hydrogen-bond donors (Lipinski definition) is 1. The van der Waals surface area contributed by atoms with Gasteiger partial charge in [0.05, 0.1) is 22.8 Å². The number of H-pyrrole nitrogens is 1. The fourth-order valence-corrected chi connectivity index (χ4v) is 6.49. The molecule has 0 atom stereocenters. The van der Waals surface area contributed by atoms with Gasteiger partial charge in [-0.1, -0.05) is 12.1 Å². The smallest absolute Gasteiger partial charge is 0.0737 e. The van der Waals surface area contributed by atoms with E-state index in [9.17, 15) is 0 Å². The number of nitrogens with zero attached hydrogens (tertiary/aromatic N) is 6. The van der Waals surface area contributed by atoms with Gasteiger partial charge in [0.2, 0.25) is 0 Å². The Balaban J connectivity index is 1.53. The minimum absolute atomic E-state index is 0.864. The molecule has 0 saturated heterocycles. The summed E-state index contributed by atoms with van der Waals surface area (Å²) in [5.74, 6) is 0. The molecule has 1 aliphatic carbocycles. The topological polar surface area (TPSA) is 93.1 Å². The highest BCUT2D eigenvalue weighted by Crippen LogP contribution is 2.37. The highest BCUT2D eigenvalue weighted by atomic mass is 14.8. The highest BCUT2D eigenvalue weighted by Gasteiger charge is 2.19. The van der Waals surface area contributed by atoms with E-state index in [-0.39, 0.29) is 0 Å². The van der Waals surface area contributed by atoms with Crippen molar-refractivity contribution in [3.8, 4) is 44.5 Å². The van der Waals surface area contributed by atoms with E-state index in [2.05, 4.69) is 73.5 Å². The summed E-state index contributed by atoms with van der Waals surface area (Å²) in [5, 5.41) is 2.19. The van der Waals surface area contributed by atoms with E-state index in [4.69, 9.17) is 9.97 Å². The van der Waals surface area contributed by atoms with Gasteiger partial charge in [-0.25, -0.2) is 9.97 Å². The summed E-state index contributed by atoms with van der Waals surface area (Å²) in [6.45, 7) is 0. The molecular weight excluding hydrogens is 578 g/mol. The third-order valence-corrected chi connectivity index (χ3v) is 8.65. The second-order valence-electron chi connectivity index (χ2n) is 11.3. The van der Waals surface area contributed by atoms with Crippen LogP contribution >= 0.6 is 0 Å². The maximum Gasteiger partial charge on any atom is 0.0737 e. The Labute approximate surface area is 269 Å². The lowest BCUT2D eigenvalue weighted by Crippen LogP contribution is -1.94. The summed E-state index contributed by atoms with van der Waals surface area (Å²) in [7, 11) is 0. The highest BCUT2D eigenvalue weighted by molar-refractivity contribution is 5.96. The van der Waals surface area contributed by atoms with Crippen molar-refractivity contribution in [1.29, 1.82) is 0 Å². The predicted octanol–water partition coefficient (Wildman–Crippen LogP) is 8.58. The normalized spacial score (nSPS) is 12.1. The van der Waals surface area contributed by atoms with Crippen LogP contribution in [0, 0.1) is 10.4 Å². The molecule has 4 aliphatic rings. The lowest BCUT2D eigenvalue weighted by molar-refractivity contribution is 1.27. The van der Waals surface area contributed by atoms with Crippen molar-refractivity contribution in [2.24, 2.45) is 0 Å². The molecule has 7 heteroatoms. The Morgan fingerprint density at radius 3 is 0.936 bits per heavy atom. The maximum absolute atomic E-state index is 5.32. The van der Waals surface area contributed by atoms with E-state index in [1.807, 2.05) is 98.1 Å². The minimum Gasteiger partial charge on any atom is -0.354 e. The first-order chi connectivity index (χ1) is 23.3. The van der Waals surface area contributed by atoms with Crippen molar-refractivity contribution < 1.29 is 0 Å². The third-order valence-electron chi connectivity index (χ3n) is 8.65. The number of rotatable bonds is 4. The molecule has 0 radical (unpaired) electrons. The van der Waals surface area contributed by atoms with Crippen LogP contribution in [0.3, 0.4) is 0 Å². The molecule has 6 bridgehead atoms. The first-order valence-corrected chi connectivity index (χ1v) is 15.3. The first kappa shape index (κ1) is 26.8. The number of fused-ring (bicyclic) bond motifs is 6. The number of nitrogens with one attached hydrogen (secondary N) is 1. The number of aromatic nitrogens is 7. The largest absolute Gasteiger partial charge is 0.354 e. The number of hydrogen-bond acceptors (Lipinski definition) is 6. The van der Waals surface area contributed by atoms with Gasteiger partial charge in [-0.2, -0.15) is 0 Å². The molecule has 7 nitrogen and oxygen atoms in total. The molecule has 0 amide bonds. The maximum atomic E-state index is 5.32. The summed E-state index contributed by atoms with van der Waals surface area (Å²) in [4.78, 5) is 31.6. The van der Waals surface area contributed by atoms with Crippen molar-refractivity contribution in [2.45, 2.75) is 0 Å². The molecule has 0 aromatic carbocycles. The zero-order chi connectivity index (χ0) is 31.2. The lowest BCUT2D eigenvalue weighted by Gasteiger charge is -2.10. The Morgan fingerprint density at radius 2 is 0.617 bits per heavy atom. The van der Waals surface area contributed by atoms with Gasteiger partial charge in [0.25, 0.3) is 0 Å². The molecule has 0 fully saturated rings. The van der Waals surface area contributed by atoms with Gasteiger partial charge in [-0.05, 0) is 118 Å². The van der Waals surface area contributed by atoms with Crippen LogP contribution in [0.5, 0.6) is 0 Å². The molecule has 5 aromatic rings. The SMILES string of the molecule is C1=Cc2nc1c(-c1ccncc1)c1ccc=1c(-c1ccncc1)c1nc(c(-c3ccncc3)c3ccc([nH]3)c2-c2ccncc2)C=C1. The van der Waals surface area contributed by atoms with E-state index in [0.717, 1.165) is 88.8 Å². The zero-order valence-electron chi connectivity index (χ0n) is 25.0. The van der Waals surface area contributed by atoms with Gasteiger partial charge >= 0.3 is 0 Å². The van der Waals surface area contributed by atoms with Crippen LogP contribution in [0.4, 0.5) is 0 Å². The van der Waals surface area contributed by atoms with Gasteiger partial charge in [0, 0.05) is 82.9 Å². The lowest BCUT2D eigenvalue weighted by atomic mass is 9.94. The van der Waals surface area contributed by atoms with E-state index >= 15 is 0 Å². The summed E-state index contributed by atoms with van der Waals surface area (Å²) in [6.07, 6.45) is 23.0. The third kappa shape index (κ3) is 4.60. The van der Waals surface area contributed by atoms with Crippen molar-refractivity contribution in [2.75, 3.05) is 0 Å². The molecule has 0 saturated carbocycles. The van der Waals surface area contributed by atoms with Gasteiger partial charge in [-0.3, -0.25) is 19.9 Å². The van der Waals surface area contributed by atoms with Crippen LogP contribution < -0.4 is 0 Å². The van der Waals surface area contributed by atoms with Crippen molar-refractivity contribution >= 4 is 35.3 Å². The quantitative estimate of drug-likeness (QED) is 0.217. The summed E-state index contributed by atoms with van der Waals surface area (Å²) in [5.41, 5.74) is 13.5. The molecule has 0 spiro atoms. The molecule has 220 valence electrons. The second-order valence-corrected chi connectivity index (χ2v) is 11.3. The summed E-state index contributed by atoms with van der Waals surface area (Å²) >= 11 is 0. The fourth-order valence-electron chi connectivity index (χ4n) is 6.49. The van der Waals surface area contributed by atoms with E-state index in [1.165, 1.54) is 0 Å². The van der Waals surface area contributed by atoms with Crippen LogP contribution in [0.2, 0.25) is 0 Å². The molecule has 0 unspecified atom stereocenters. The monoisotopic (exact) mass is 603 g/mol. The zero-order valence-corrected chi connectivity index (χ0v) is 25.0. The standard InChI is InChI=1S/C40H25N7/c1-2-30-29(1)37(25-9-17-41-18-10-25)31-3-5-33(45-31)39(27-13-21-43-22-14-27)35-7-8-36(47-35)40(28-15-23-44-24-16-28)34-6-4-32(46-34)38(30)26-11-19-42-20-12-26/h1-24,47H. The van der Waals surface area contributed by atoms with Gasteiger partial charge in [-0.15, -0.1) is 0 Å². The number of pyridine rings is 4. The molecule has 5 aromatic heterocycles. The van der Waals surface area contributed by atoms with E-state index in [0.29, 0.717) is 0 Å². The Hall–Kier alpha value is -6.60. The van der Waals surface area contributed by atoms with Crippen LogP contribution in [-0.2, 0) is 0 Å². The number of aromatic amines is 1. The second kappa shape index (κ2) is 11.1. The van der Waals surface area contributed by atoms with Gasteiger partial charge in [0.1, 0.15) is 0 Å². The Kier molecular flexibility index (Phi) is 6.31. The Morgan fingerprint density at radius 1 is 0.319 bits per heavy atom. The predicted molar refractivity (Wildman–Crippen MR) is 186 cm³/mol. The average molecular weight is 604 g/mol. The molecule has 8 heterocycles. The van der Waals surface area contributed by atoms with Crippen LogP contribution in [0.1, 0.15) is 22.8 Å². The van der Waals surface area contributed by atoms with Crippen molar-refractivity contribution in [1.82, 2.24) is 34.9 Å². The minimum atomic E-state index is 0.864. The van der Waals surface area contributed by atoms with Crippen LogP contribution in [0.15, 0.2) is 122 Å². The summed E-state index contributed by atoms with van der Waals surface area (Å²) in [6, 6.07) is 24.8. The fraction of sp³-hybridized carbons (Fsp3) is 0. The first-order valence-electron chi connectivity index (χ1n) is 15.3. The molecule has 3 aliphatic heterocycles. The van der Waals surface area contributed by atoms with Gasteiger partial charge in [0.15, 0.2) is 0 Å². The van der Waals surface area contributed by atoms with E-state index in [1.54, 1.807) is 0 Å². The van der Waals surface area contributed by atoms with Crippen molar-refractivity contribution in [3.63, 3.8) is 0 Å². The molecule has 47 heavy (non-hydrogen) atoms. The van der Waals surface area contributed by atoms with Crippen molar-refractivity contribution in [3.05, 3.63) is 156 Å². The van der Waals surface area contributed by atoms with Crippen LogP contribution in [0.25, 0.3) is 79.8 Å². The molecular formula is C40H25N7. The van der Waals surface area contributed by atoms with Gasteiger partial charge < -0.3 is 4.98 Å².